The Balaban J connectivity index is 1.63. The molecular formula is C15H17N5O5. The highest BCUT2D eigenvalue weighted by atomic mass is 16.6. The number of imidazole rings is 1. The third-order valence-electron chi connectivity index (χ3n) is 4.16. The third-order valence-corrected chi connectivity index (χ3v) is 4.16. The van der Waals surface area contributed by atoms with E-state index in [0.717, 1.165) is 5.76 Å². The first-order chi connectivity index (χ1) is 12.2. The first-order valence-corrected chi connectivity index (χ1v) is 7.75. The van der Waals surface area contributed by atoms with E-state index in [1.807, 2.05) is 6.07 Å². The summed E-state index contributed by atoms with van der Waals surface area (Å²) < 4.78 is 12.3. The Kier molecular flexibility index (Phi) is 4.09. The molecule has 10 nitrogen and oxygen atoms in total. The van der Waals surface area contributed by atoms with Crippen molar-refractivity contribution in [3.05, 3.63) is 36.8 Å². The Morgan fingerprint density at radius 1 is 1.20 bits per heavy atom. The van der Waals surface area contributed by atoms with Crippen LogP contribution in [0, 0.1) is 0 Å². The maximum Gasteiger partial charge on any atom is 0.167 e. The molecule has 3 aromatic rings. The summed E-state index contributed by atoms with van der Waals surface area (Å²) in [7, 11) is 0. The molecule has 3 aromatic heterocycles. The van der Waals surface area contributed by atoms with Gasteiger partial charge in [0.2, 0.25) is 0 Å². The lowest BCUT2D eigenvalue weighted by molar-refractivity contribution is -0.0511. The minimum absolute atomic E-state index is 0.397. The number of furan rings is 1. The third kappa shape index (κ3) is 2.74. The van der Waals surface area contributed by atoms with Gasteiger partial charge >= 0.3 is 0 Å². The quantitative estimate of drug-likeness (QED) is 0.487. The highest BCUT2D eigenvalue weighted by Crippen LogP contribution is 2.32. The summed E-state index contributed by atoms with van der Waals surface area (Å²) >= 11 is 0. The summed E-state index contributed by atoms with van der Waals surface area (Å²) in [6.07, 6.45) is 0.253. The van der Waals surface area contributed by atoms with Crippen molar-refractivity contribution in [2.75, 3.05) is 11.9 Å². The molecule has 4 atom stereocenters. The molecule has 4 heterocycles. The topological polar surface area (TPSA) is 139 Å². The van der Waals surface area contributed by atoms with Gasteiger partial charge in [-0.05, 0) is 12.1 Å². The highest BCUT2D eigenvalue weighted by Gasteiger charge is 2.44. The van der Waals surface area contributed by atoms with Crippen molar-refractivity contribution in [3.8, 4) is 0 Å². The van der Waals surface area contributed by atoms with Crippen LogP contribution in [-0.4, -0.2) is 59.8 Å². The van der Waals surface area contributed by atoms with E-state index >= 15 is 0 Å². The zero-order chi connectivity index (χ0) is 17.4. The summed E-state index contributed by atoms with van der Waals surface area (Å²) in [4.78, 5) is 12.7. The second kappa shape index (κ2) is 6.41. The number of nitrogens with zero attached hydrogens (tertiary/aromatic N) is 4. The van der Waals surface area contributed by atoms with Crippen molar-refractivity contribution >= 4 is 17.0 Å². The van der Waals surface area contributed by atoms with Crippen LogP contribution in [0.4, 0.5) is 5.82 Å². The summed E-state index contributed by atoms with van der Waals surface area (Å²) in [5.74, 6) is 1.25. The predicted molar refractivity (Wildman–Crippen MR) is 84.4 cm³/mol. The first kappa shape index (κ1) is 16.0. The predicted octanol–water partition coefficient (Wildman–Crippen LogP) is -0.357. The van der Waals surface area contributed by atoms with Gasteiger partial charge in [0.15, 0.2) is 23.2 Å². The van der Waals surface area contributed by atoms with Crippen molar-refractivity contribution in [1.29, 1.82) is 0 Å². The molecule has 10 heteroatoms. The zero-order valence-corrected chi connectivity index (χ0v) is 13.1. The van der Waals surface area contributed by atoms with Gasteiger partial charge in [0.1, 0.15) is 30.4 Å². The fourth-order valence-electron chi connectivity index (χ4n) is 2.86. The molecule has 0 unspecified atom stereocenters. The fourth-order valence-corrected chi connectivity index (χ4v) is 2.86. The minimum Gasteiger partial charge on any atom is -0.467 e. The molecular weight excluding hydrogens is 330 g/mol. The Morgan fingerprint density at radius 2 is 2.08 bits per heavy atom. The molecule has 0 radical (unpaired) electrons. The summed E-state index contributed by atoms with van der Waals surface area (Å²) in [5, 5.41) is 32.4. The number of hydrogen-bond acceptors (Lipinski definition) is 9. The van der Waals surface area contributed by atoms with E-state index in [2.05, 4.69) is 20.3 Å². The van der Waals surface area contributed by atoms with Gasteiger partial charge in [-0.2, -0.15) is 0 Å². The van der Waals surface area contributed by atoms with Crippen LogP contribution in [0.2, 0.25) is 0 Å². The normalized spacial score (nSPS) is 26.4. The highest BCUT2D eigenvalue weighted by molar-refractivity contribution is 5.82. The summed E-state index contributed by atoms with van der Waals surface area (Å²) in [5.41, 5.74) is 0.929. The average Bonchev–Trinajstić information content (AvgIpc) is 3.34. The number of fused-ring (bicyclic) bond motifs is 1. The largest absolute Gasteiger partial charge is 0.467 e. The molecule has 0 bridgehead atoms. The van der Waals surface area contributed by atoms with E-state index < -0.39 is 31.1 Å². The number of aliphatic hydroxyl groups is 3. The number of hydrogen-bond donors (Lipinski definition) is 4. The van der Waals surface area contributed by atoms with Crippen molar-refractivity contribution in [2.24, 2.45) is 0 Å². The maximum absolute atomic E-state index is 10.2. The smallest absolute Gasteiger partial charge is 0.167 e. The molecule has 0 spiro atoms. The zero-order valence-electron chi connectivity index (χ0n) is 13.1. The Labute approximate surface area is 141 Å². The van der Waals surface area contributed by atoms with E-state index in [4.69, 9.17) is 9.15 Å². The maximum atomic E-state index is 10.2. The lowest BCUT2D eigenvalue weighted by atomic mass is 10.1. The van der Waals surface area contributed by atoms with Crippen LogP contribution in [-0.2, 0) is 11.3 Å². The Bertz CT molecular complexity index is 851. The summed E-state index contributed by atoms with van der Waals surface area (Å²) in [6.45, 7) is 0.0338. The van der Waals surface area contributed by atoms with Gasteiger partial charge in [-0.25, -0.2) is 15.0 Å². The molecule has 1 saturated heterocycles. The van der Waals surface area contributed by atoms with Crippen molar-refractivity contribution in [1.82, 2.24) is 19.5 Å². The van der Waals surface area contributed by atoms with Crippen LogP contribution in [0.25, 0.3) is 11.2 Å². The van der Waals surface area contributed by atoms with Gasteiger partial charge in [-0.3, -0.25) is 4.57 Å². The van der Waals surface area contributed by atoms with Crippen molar-refractivity contribution in [3.63, 3.8) is 0 Å². The lowest BCUT2D eigenvalue weighted by Gasteiger charge is -2.16. The Morgan fingerprint density at radius 3 is 2.80 bits per heavy atom. The molecule has 0 amide bonds. The molecule has 0 saturated carbocycles. The van der Waals surface area contributed by atoms with E-state index in [9.17, 15) is 15.3 Å². The van der Waals surface area contributed by atoms with Crippen LogP contribution < -0.4 is 5.32 Å². The first-order valence-electron chi connectivity index (χ1n) is 7.75. The van der Waals surface area contributed by atoms with Gasteiger partial charge < -0.3 is 29.8 Å². The van der Waals surface area contributed by atoms with Crippen LogP contribution >= 0.6 is 0 Å². The lowest BCUT2D eigenvalue weighted by Crippen LogP contribution is -2.33. The average molecular weight is 347 g/mol. The number of ether oxygens (including phenoxy) is 1. The van der Waals surface area contributed by atoms with E-state index in [1.54, 1.807) is 12.3 Å². The van der Waals surface area contributed by atoms with Crippen LogP contribution in [0.15, 0.2) is 35.5 Å². The number of aromatic nitrogens is 4. The van der Waals surface area contributed by atoms with Gasteiger partial charge in [-0.1, -0.05) is 0 Å². The van der Waals surface area contributed by atoms with Crippen molar-refractivity contribution < 1.29 is 24.5 Å². The number of rotatable bonds is 5. The molecule has 132 valence electrons. The molecule has 4 rings (SSSR count). The van der Waals surface area contributed by atoms with Crippen molar-refractivity contribution in [2.45, 2.75) is 31.1 Å². The molecule has 0 aliphatic carbocycles. The van der Waals surface area contributed by atoms with Gasteiger partial charge in [0, 0.05) is 0 Å². The van der Waals surface area contributed by atoms with E-state index in [0.29, 0.717) is 23.5 Å². The molecule has 1 aliphatic heterocycles. The van der Waals surface area contributed by atoms with E-state index in [-0.39, 0.29) is 0 Å². The minimum atomic E-state index is -1.20. The second-order valence-electron chi connectivity index (χ2n) is 5.71. The molecule has 25 heavy (non-hydrogen) atoms. The monoisotopic (exact) mass is 347 g/mol. The second-order valence-corrected chi connectivity index (χ2v) is 5.71. The molecule has 1 aliphatic rings. The summed E-state index contributed by atoms with van der Waals surface area (Å²) in [6, 6.07) is 3.63. The Hall–Kier alpha value is -2.53. The standard InChI is InChI=1S/C15H17N5O5/c21-5-9-11(22)12(23)15(25-9)20-7-19-10-13(17-6-18-14(10)20)16-4-8-2-1-3-24-8/h1-3,6-7,9,11-12,15,21-23H,4-5H2,(H,16,17,18)/t9-,11-,12+,15+/m1/s1. The fraction of sp³-hybridized carbons (Fsp3) is 0.400. The number of aliphatic hydroxyl groups excluding tert-OH is 3. The molecule has 1 fully saturated rings. The molecule has 0 aromatic carbocycles. The van der Waals surface area contributed by atoms with Gasteiger partial charge in [0.05, 0.1) is 25.7 Å². The van der Waals surface area contributed by atoms with Gasteiger partial charge in [0.25, 0.3) is 0 Å². The van der Waals surface area contributed by atoms with Crippen LogP contribution in [0.1, 0.15) is 12.0 Å². The SMILES string of the molecule is OC[C@H]1O[C@H](n2cnc3c(NCc4ccco4)ncnc32)[C@@H](O)[C@@H]1O. The van der Waals surface area contributed by atoms with Crippen LogP contribution in [0.3, 0.4) is 0 Å². The number of anilines is 1. The van der Waals surface area contributed by atoms with Gasteiger partial charge in [-0.15, -0.1) is 0 Å². The molecule has 4 N–H and O–H groups in total. The number of nitrogens with one attached hydrogen (secondary N) is 1. The van der Waals surface area contributed by atoms with E-state index in [1.165, 1.54) is 17.2 Å². The van der Waals surface area contributed by atoms with Crippen LogP contribution in [0.5, 0.6) is 0 Å².